The van der Waals surface area contributed by atoms with Gasteiger partial charge in [0.25, 0.3) is 0 Å². The quantitative estimate of drug-likeness (QED) is 0.710. The van der Waals surface area contributed by atoms with Crippen LogP contribution in [-0.2, 0) is 20.7 Å². The highest BCUT2D eigenvalue weighted by Gasteiger charge is 2.29. The summed E-state index contributed by atoms with van der Waals surface area (Å²) in [6, 6.07) is 0. The van der Waals surface area contributed by atoms with Gasteiger partial charge in [0.2, 0.25) is 11.8 Å². The maximum absolute atomic E-state index is 12.3. The summed E-state index contributed by atoms with van der Waals surface area (Å²) < 4.78 is 10.2. The largest absolute Gasteiger partial charge is 0.466 e. The zero-order valence-corrected chi connectivity index (χ0v) is 14.8. The number of aromatic nitrogens is 2. The highest BCUT2D eigenvalue weighted by molar-refractivity contribution is 5.78. The van der Waals surface area contributed by atoms with E-state index in [1.807, 2.05) is 13.8 Å². The summed E-state index contributed by atoms with van der Waals surface area (Å²) in [6.45, 7) is 7.38. The SMILES string of the molecule is CCOC(=O)[C@H]1CCCN(C(=O)CCCc2nc(C(C)C)no2)C1. The van der Waals surface area contributed by atoms with Gasteiger partial charge in [-0.3, -0.25) is 9.59 Å². The summed E-state index contributed by atoms with van der Waals surface area (Å²) in [5, 5.41) is 3.92. The number of carbonyl (C=O) groups excluding carboxylic acids is 2. The molecule has 1 aromatic heterocycles. The van der Waals surface area contributed by atoms with E-state index in [0.29, 0.717) is 50.7 Å². The Morgan fingerprint density at radius 2 is 2.21 bits per heavy atom. The van der Waals surface area contributed by atoms with Gasteiger partial charge in [-0.25, -0.2) is 0 Å². The van der Waals surface area contributed by atoms with Crippen LogP contribution in [0.5, 0.6) is 0 Å². The van der Waals surface area contributed by atoms with Crippen LogP contribution in [0.2, 0.25) is 0 Å². The molecule has 1 saturated heterocycles. The Labute approximate surface area is 142 Å². The maximum atomic E-state index is 12.3. The minimum atomic E-state index is -0.193. The number of likely N-dealkylation sites (tertiary alicyclic amines) is 1. The molecule has 0 bridgehead atoms. The van der Waals surface area contributed by atoms with Crippen LogP contribution in [0.15, 0.2) is 4.52 Å². The molecule has 0 aliphatic carbocycles. The molecule has 1 fully saturated rings. The maximum Gasteiger partial charge on any atom is 0.310 e. The molecule has 0 aromatic carbocycles. The molecule has 1 aromatic rings. The minimum Gasteiger partial charge on any atom is -0.466 e. The molecule has 2 rings (SSSR count). The van der Waals surface area contributed by atoms with E-state index in [1.54, 1.807) is 11.8 Å². The molecule has 1 aliphatic heterocycles. The number of esters is 1. The van der Waals surface area contributed by atoms with Gasteiger partial charge in [-0.1, -0.05) is 19.0 Å². The van der Waals surface area contributed by atoms with Gasteiger partial charge in [0.15, 0.2) is 5.82 Å². The number of carbonyl (C=O) groups is 2. The summed E-state index contributed by atoms with van der Waals surface area (Å²) in [5.41, 5.74) is 0. The second-order valence-electron chi connectivity index (χ2n) is 6.49. The van der Waals surface area contributed by atoms with E-state index in [1.165, 1.54) is 0 Å². The van der Waals surface area contributed by atoms with E-state index in [4.69, 9.17) is 9.26 Å². The number of amides is 1. The molecule has 0 saturated carbocycles. The summed E-state index contributed by atoms with van der Waals surface area (Å²) in [7, 11) is 0. The average molecular weight is 337 g/mol. The monoisotopic (exact) mass is 337 g/mol. The molecule has 2 heterocycles. The van der Waals surface area contributed by atoms with E-state index in [0.717, 1.165) is 12.8 Å². The summed E-state index contributed by atoms with van der Waals surface area (Å²) in [4.78, 5) is 30.3. The Balaban J connectivity index is 1.76. The molecule has 1 amide bonds. The third-order valence-corrected chi connectivity index (χ3v) is 4.18. The van der Waals surface area contributed by atoms with Crippen LogP contribution in [0.1, 0.15) is 64.1 Å². The van der Waals surface area contributed by atoms with E-state index in [9.17, 15) is 9.59 Å². The molecule has 7 nitrogen and oxygen atoms in total. The zero-order valence-electron chi connectivity index (χ0n) is 14.8. The summed E-state index contributed by atoms with van der Waals surface area (Å²) >= 11 is 0. The van der Waals surface area contributed by atoms with Crippen molar-refractivity contribution in [2.45, 2.75) is 58.8 Å². The number of piperidine rings is 1. The van der Waals surface area contributed by atoms with Crippen molar-refractivity contribution in [2.75, 3.05) is 19.7 Å². The lowest BCUT2D eigenvalue weighted by molar-refractivity contribution is -0.151. The Morgan fingerprint density at radius 1 is 1.42 bits per heavy atom. The molecule has 7 heteroatoms. The van der Waals surface area contributed by atoms with Crippen LogP contribution < -0.4 is 0 Å². The first-order valence-electron chi connectivity index (χ1n) is 8.78. The van der Waals surface area contributed by atoms with Crippen molar-refractivity contribution in [1.82, 2.24) is 15.0 Å². The third-order valence-electron chi connectivity index (χ3n) is 4.18. The van der Waals surface area contributed by atoms with Gasteiger partial charge in [-0.05, 0) is 26.2 Å². The van der Waals surface area contributed by atoms with E-state index in [-0.39, 0.29) is 23.7 Å². The van der Waals surface area contributed by atoms with Gasteiger partial charge in [-0.15, -0.1) is 0 Å². The Kier molecular flexibility index (Phi) is 6.75. The molecule has 0 unspecified atom stereocenters. The highest BCUT2D eigenvalue weighted by Crippen LogP contribution is 2.19. The van der Waals surface area contributed by atoms with E-state index >= 15 is 0 Å². The number of rotatable bonds is 7. The molecule has 24 heavy (non-hydrogen) atoms. The smallest absolute Gasteiger partial charge is 0.310 e. The normalized spacial score (nSPS) is 18.0. The van der Waals surface area contributed by atoms with E-state index in [2.05, 4.69) is 10.1 Å². The fraction of sp³-hybridized carbons (Fsp3) is 0.765. The molecule has 0 N–H and O–H groups in total. The van der Waals surface area contributed by atoms with Crippen molar-refractivity contribution < 1.29 is 18.8 Å². The second-order valence-corrected chi connectivity index (χ2v) is 6.49. The Hall–Kier alpha value is -1.92. The van der Waals surface area contributed by atoms with Crippen molar-refractivity contribution in [1.29, 1.82) is 0 Å². The number of ether oxygens (including phenoxy) is 1. The molecule has 0 radical (unpaired) electrons. The number of hydrogen-bond acceptors (Lipinski definition) is 6. The van der Waals surface area contributed by atoms with Crippen LogP contribution in [0.4, 0.5) is 0 Å². The number of aryl methyl sites for hydroxylation is 1. The first-order chi connectivity index (χ1) is 11.5. The fourth-order valence-corrected chi connectivity index (χ4v) is 2.81. The standard InChI is InChI=1S/C17H27N3O4/c1-4-23-17(22)13-7-6-10-20(11-13)15(21)9-5-8-14-18-16(12(2)3)19-24-14/h12-13H,4-11H2,1-3H3/t13-/m0/s1. The lowest BCUT2D eigenvalue weighted by Gasteiger charge is -2.31. The van der Waals surface area contributed by atoms with Gasteiger partial charge in [0.05, 0.1) is 12.5 Å². The molecular weight excluding hydrogens is 310 g/mol. The second kappa shape index (κ2) is 8.80. The van der Waals surface area contributed by atoms with Crippen LogP contribution in [0.3, 0.4) is 0 Å². The summed E-state index contributed by atoms with van der Waals surface area (Å²) in [6.07, 6.45) is 3.33. The highest BCUT2D eigenvalue weighted by atomic mass is 16.5. The topological polar surface area (TPSA) is 85.5 Å². The minimum absolute atomic E-state index is 0.0765. The van der Waals surface area contributed by atoms with Gasteiger partial charge in [-0.2, -0.15) is 4.98 Å². The summed E-state index contributed by atoms with van der Waals surface area (Å²) in [5.74, 6) is 1.21. The van der Waals surface area contributed by atoms with Crippen molar-refractivity contribution in [3.63, 3.8) is 0 Å². The fourth-order valence-electron chi connectivity index (χ4n) is 2.81. The molecular formula is C17H27N3O4. The predicted molar refractivity (Wildman–Crippen MR) is 87.3 cm³/mol. The van der Waals surface area contributed by atoms with Crippen molar-refractivity contribution in [3.8, 4) is 0 Å². The van der Waals surface area contributed by atoms with Gasteiger partial charge in [0, 0.05) is 31.8 Å². The third kappa shape index (κ3) is 5.04. The van der Waals surface area contributed by atoms with Crippen molar-refractivity contribution >= 4 is 11.9 Å². The zero-order chi connectivity index (χ0) is 17.5. The first kappa shape index (κ1) is 18.4. The predicted octanol–water partition coefficient (Wildman–Crippen LogP) is 2.32. The van der Waals surface area contributed by atoms with Gasteiger partial charge >= 0.3 is 5.97 Å². The average Bonchev–Trinajstić information content (AvgIpc) is 3.04. The number of hydrogen-bond donors (Lipinski definition) is 0. The molecule has 0 spiro atoms. The van der Waals surface area contributed by atoms with Gasteiger partial charge in [0.1, 0.15) is 0 Å². The van der Waals surface area contributed by atoms with Crippen LogP contribution >= 0.6 is 0 Å². The van der Waals surface area contributed by atoms with Crippen LogP contribution in [0, 0.1) is 5.92 Å². The molecule has 1 atom stereocenters. The van der Waals surface area contributed by atoms with Gasteiger partial charge < -0.3 is 14.2 Å². The van der Waals surface area contributed by atoms with E-state index < -0.39 is 0 Å². The first-order valence-corrected chi connectivity index (χ1v) is 8.78. The lowest BCUT2D eigenvalue weighted by Crippen LogP contribution is -2.42. The number of nitrogens with zero attached hydrogens (tertiary/aromatic N) is 3. The van der Waals surface area contributed by atoms with Crippen molar-refractivity contribution in [2.24, 2.45) is 5.92 Å². The lowest BCUT2D eigenvalue weighted by atomic mass is 9.98. The Morgan fingerprint density at radius 3 is 2.88 bits per heavy atom. The molecule has 134 valence electrons. The van der Waals surface area contributed by atoms with Crippen molar-refractivity contribution in [3.05, 3.63) is 11.7 Å². The van der Waals surface area contributed by atoms with Crippen LogP contribution in [0.25, 0.3) is 0 Å². The molecule has 1 aliphatic rings. The van der Waals surface area contributed by atoms with Crippen LogP contribution in [-0.4, -0.2) is 46.6 Å². The Bertz CT molecular complexity index is 556.